The van der Waals surface area contributed by atoms with Gasteiger partial charge in [0.25, 0.3) is 5.56 Å². The van der Waals surface area contributed by atoms with Crippen molar-refractivity contribution >= 4 is 23.5 Å². The SMILES string of the molecule is COc1cc(CSc2nc3c(c(=O)n2CCc2ccccc2)SC(C)C3)cc(OC)c1. The molecule has 31 heavy (non-hydrogen) atoms. The first kappa shape index (κ1) is 21.8. The van der Waals surface area contributed by atoms with E-state index in [9.17, 15) is 4.79 Å². The summed E-state index contributed by atoms with van der Waals surface area (Å²) in [5.74, 6) is 2.18. The van der Waals surface area contributed by atoms with Crippen molar-refractivity contribution in [2.75, 3.05) is 14.2 Å². The highest BCUT2D eigenvalue weighted by molar-refractivity contribution is 8.00. The largest absolute Gasteiger partial charge is 0.497 e. The third-order valence-electron chi connectivity index (χ3n) is 5.21. The van der Waals surface area contributed by atoms with Crippen molar-refractivity contribution in [1.29, 1.82) is 0 Å². The van der Waals surface area contributed by atoms with Gasteiger partial charge < -0.3 is 9.47 Å². The van der Waals surface area contributed by atoms with E-state index < -0.39 is 0 Å². The zero-order valence-corrected chi connectivity index (χ0v) is 19.6. The predicted molar refractivity (Wildman–Crippen MR) is 127 cm³/mol. The molecule has 0 bridgehead atoms. The summed E-state index contributed by atoms with van der Waals surface area (Å²) in [4.78, 5) is 19.0. The normalized spacial score (nSPS) is 15.0. The van der Waals surface area contributed by atoms with E-state index in [1.54, 1.807) is 37.7 Å². The van der Waals surface area contributed by atoms with Gasteiger partial charge in [-0.15, -0.1) is 11.8 Å². The fourth-order valence-electron chi connectivity index (χ4n) is 3.62. The van der Waals surface area contributed by atoms with Gasteiger partial charge in [-0.3, -0.25) is 9.36 Å². The summed E-state index contributed by atoms with van der Waals surface area (Å²) < 4.78 is 12.6. The number of benzene rings is 2. The van der Waals surface area contributed by atoms with Crippen LogP contribution in [0.3, 0.4) is 0 Å². The molecule has 1 unspecified atom stereocenters. The van der Waals surface area contributed by atoms with Crippen LogP contribution >= 0.6 is 23.5 Å². The van der Waals surface area contributed by atoms with Crippen molar-refractivity contribution in [2.45, 2.75) is 47.4 Å². The molecule has 0 saturated heterocycles. The van der Waals surface area contributed by atoms with Crippen LogP contribution in [0.5, 0.6) is 11.5 Å². The topological polar surface area (TPSA) is 53.3 Å². The molecule has 0 spiro atoms. The molecule has 2 aromatic carbocycles. The molecule has 162 valence electrons. The summed E-state index contributed by atoms with van der Waals surface area (Å²) in [7, 11) is 3.29. The number of rotatable bonds is 8. The Balaban J connectivity index is 1.62. The summed E-state index contributed by atoms with van der Waals surface area (Å²) in [5, 5.41) is 1.16. The molecule has 0 saturated carbocycles. The van der Waals surface area contributed by atoms with Gasteiger partial charge in [-0.25, -0.2) is 4.98 Å². The van der Waals surface area contributed by atoms with Crippen LogP contribution in [-0.4, -0.2) is 29.0 Å². The van der Waals surface area contributed by atoms with Gasteiger partial charge in [0, 0.05) is 30.0 Å². The average molecular weight is 455 g/mol. The zero-order valence-electron chi connectivity index (χ0n) is 18.0. The minimum Gasteiger partial charge on any atom is -0.497 e. The first-order valence-corrected chi connectivity index (χ1v) is 12.1. The monoisotopic (exact) mass is 454 g/mol. The average Bonchev–Trinajstić information content (AvgIpc) is 3.18. The number of thioether (sulfide) groups is 2. The molecule has 5 nitrogen and oxygen atoms in total. The van der Waals surface area contributed by atoms with Gasteiger partial charge in [0.05, 0.1) is 24.8 Å². The minimum absolute atomic E-state index is 0.0843. The molecule has 0 radical (unpaired) electrons. The van der Waals surface area contributed by atoms with Crippen LogP contribution < -0.4 is 15.0 Å². The van der Waals surface area contributed by atoms with Crippen LogP contribution in [0, 0.1) is 0 Å². The summed E-state index contributed by atoms with van der Waals surface area (Å²) in [6.45, 7) is 2.76. The minimum atomic E-state index is 0.0843. The van der Waals surface area contributed by atoms with Gasteiger partial charge in [-0.2, -0.15) is 0 Å². The number of hydrogen-bond acceptors (Lipinski definition) is 6. The maximum absolute atomic E-state index is 13.3. The standard InChI is InChI=1S/C24H26N2O3S2/c1-16-11-21-22(31-16)23(27)26(10-9-17-7-5-4-6-8-17)24(25-21)30-15-18-12-19(28-2)14-20(13-18)29-3/h4-8,12-14,16H,9-11,15H2,1-3H3. The van der Waals surface area contributed by atoms with E-state index in [0.717, 1.165) is 45.6 Å². The van der Waals surface area contributed by atoms with Gasteiger partial charge in [-0.1, -0.05) is 49.0 Å². The number of aryl methyl sites for hydroxylation is 1. The Hall–Kier alpha value is -2.38. The lowest BCUT2D eigenvalue weighted by Crippen LogP contribution is -2.26. The second-order valence-electron chi connectivity index (χ2n) is 7.50. The molecule has 0 aliphatic carbocycles. The summed E-state index contributed by atoms with van der Waals surface area (Å²) in [5.41, 5.74) is 3.29. The Morgan fingerprint density at radius 3 is 2.48 bits per heavy atom. The lowest BCUT2D eigenvalue weighted by molar-refractivity contribution is 0.393. The van der Waals surface area contributed by atoms with Crippen molar-refractivity contribution < 1.29 is 9.47 Å². The number of ether oxygens (including phenoxy) is 2. The molecule has 2 heterocycles. The van der Waals surface area contributed by atoms with E-state index in [1.165, 1.54) is 5.56 Å². The number of aromatic nitrogens is 2. The third kappa shape index (κ3) is 5.10. The zero-order chi connectivity index (χ0) is 21.8. The van der Waals surface area contributed by atoms with Crippen molar-refractivity contribution in [2.24, 2.45) is 0 Å². The number of nitrogens with zero attached hydrogens (tertiary/aromatic N) is 2. The molecule has 4 rings (SSSR count). The number of fused-ring (bicyclic) bond motifs is 1. The maximum atomic E-state index is 13.3. The van der Waals surface area contributed by atoms with Crippen LogP contribution in [0.15, 0.2) is 63.4 Å². The van der Waals surface area contributed by atoms with Crippen molar-refractivity contribution in [3.05, 3.63) is 75.7 Å². The Labute approximate surface area is 191 Å². The predicted octanol–water partition coefficient (Wildman–Crippen LogP) is 4.83. The first-order valence-electron chi connectivity index (χ1n) is 10.3. The lowest BCUT2D eigenvalue weighted by Gasteiger charge is -2.14. The molecule has 3 aromatic rings. The Bertz CT molecular complexity index is 1090. The van der Waals surface area contributed by atoms with E-state index in [0.29, 0.717) is 17.5 Å². The van der Waals surface area contributed by atoms with E-state index in [4.69, 9.17) is 14.5 Å². The van der Waals surface area contributed by atoms with E-state index in [2.05, 4.69) is 19.1 Å². The van der Waals surface area contributed by atoms with Crippen LogP contribution in [0.25, 0.3) is 0 Å². The molecule has 0 amide bonds. The van der Waals surface area contributed by atoms with E-state index in [-0.39, 0.29) is 5.56 Å². The first-order chi connectivity index (χ1) is 15.1. The van der Waals surface area contributed by atoms with Gasteiger partial charge in [0.2, 0.25) is 0 Å². The van der Waals surface area contributed by atoms with Crippen LogP contribution in [0.2, 0.25) is 0 Å². The fourth-order valence-corrected chi connectivity index (χ4v) is 5.71. The summed E-state index contributed by atoms with van der Waals surface area (Å²) >= 11 is 3.23. The van der Waals surface area contributed by atoms with Crippen molar-refractivity contribution in [3.63, 3.8) is 0 Å². The van der Waals surface area contributed by atoms with Crippen LogP contribution in [-0.2, 0) is 25.1 Å². The Morgan fingerprint density at radius 1 is 1.10 bits per heavy atom. The highest BCUT2D eigenvalue weighted by Crippen LogP contribution is 2.35. The second kappa shape index (κ2) is 9.83. The Kier molecular flexibility index (Phi) is 6.92. The second-order valence-corrected chi connectivity index (χ2v) is 9.90. The van der Waals surface area contributed by atoms with Gasteiger partial charge in [0.15, 0.2) is 5.16 Å². The van der Waals surface area contributed by atoms with Gasteiger partial charge in [-0.05, 0) is 29.7 Å². The molecular weight excluding hydrogens is 428 g/mol. The van der Waals surface area contributed by atoms with Crippen molar-refractivity contribution in [1.82, 2.24) is 9.55 Å². The fraction of sp³-hybridized carbons (Fsp3) is 0.333. The van der Waals surface area contributed by atoms with Crippen LogP contribution in [0.4, 0.5) is 0 Å². The van der Waals surface area contributed by atoms with Gasteiger partial charge in [0.1, 0.15) is 11.5 Å². The maximum Gasteiger partial charge on any atom is 0.268 e. The number of methoxy groups -OCH3 is 2. The Morgan fingerprint density at radius 2 is 1.81 bits per heavy atom. The van der Waals surface area contributed by atoms with E-state index >= 15 is 0 Å². The summed E-state index contributed by atoms with van der Waals surface area (Å²) in [6, 6.07) is 16.1. The molecule has 1 atom stereocenters. The molecular formula is C24H26N2O3S2. The smallest absolute Gasteiger partial charge is 0.268 e. The lowest BCUT2D eigenvalue weighted by atomic mass is 10.1. The molecule has 1 aliphatic rings. The molecule has 7 heteroatoms. The summed E-state index contributed by atoms with van der Waals surface area (Å²) in [6.07, 6.45) is 1.64. The van der Waals surface area contributed by atoms with Gasteiger partial charge >= 0.3 is 0 Å². The van der Waals surface area contributed by atoms with Crippen LogP contribution in [0.1, 0.15) is 23.7 Å². The van der Waals surface area contributed by atoms with E-state index in [1.807, 2.05) is 41.0 Å². The highest BCUT2D eigenvalue weighted by Gasteiger charge is 2.26. The highest BCUT2D eigenvalue weighted by atomic mass is 32.2. The quantitative estimate of drug-likeness (QED) is 0.359. The molecule has 1 aliphatic heterocycles. The molecule has 0 fully saturated rings. The molecule has 0 N–H and O–H groups in total. The number of hydrogen-bond donors (Lipinski definition) is 0. The molecule has 1 aromatic heterocycles. The van der Waals surface area contributed by atoms with Crippen molar-refractivity contribution in [3.8, 4) is 11.5 Å². The third-order valence-corrected chi connectivity index (χ3v) is 7.47.